The Morgan fingerprint density at radius 1 is 1.17 bits per heavy atom. The number of benzene rings is 2. The highest BCUT2D eigenvalue weighted by Crippen LogP contribution is 2.38. The molecule has 0 radical (unpaired) electrons. The molecule has 1 fully saturated rings. The molecule has 8 heteroatoms. The molecule has 2 atom stereocenters. The number of halogens is 2. The molecule has 6 nitrogen and oxygen atoms in total. The first kappa shape index (κ1) is 24.3. The number of hydrogen-bond acceptors (Lipinski definition) is 4. The van der Waals surface area contributed by atoms with Crippen molar-refractivity contribution in [3.8, 4) is 6.07 Å². The number of piperazine rings is 1. The van der Waals surface area contributed by atoms with E-state index in [-0.39, 0.29) is 18.0 Å². The minimum atomic E-state index is -0.596. The molecule has 3 aromatic rings. The van der Waals surface area contributed by atoms with Crippen LogP contribution < -0.4 is 10.2 Å². The predicted octanol–water partition coefficient (Wildman–Crippen LogP) is 4.78. The topological polar surface area (TPSA) is 75.2 Å². The molecule has 1 saturated heterocycles. The summed E-state index contributed by atoms with van der Waals surface area (Å²) in [6.07, 6.45) is 3.77. The molecule has 0 aliphatic carbocycles. The average molecular weight is 492 g/mol. The van der Waals surface area contributed by atoms with Gasteiger partial charge in [0.2, 0.25) is 5.91 Å². The second-order valence-corrected chi connectivity index (χ2v) is 9.85. The van der Waals surface area contributed by atoms with Crippen molar-refractivity contribution in [1.82, 2.24) is 15.2 Å². The van der Waals surface area contributed by atoms with E-state index in [1.807, 2.05) is 23.1 Å². The van der Waals surface area contributed by atoms with Crippen LogP contribution in [0.3, 0.4) is 0 Å². The van der Waals surface area contributed by atoms with E-state index in [0.29, 0.717) is 49.1 Å². The van der Waals surface area contributed by atoms with E-state index >= 15 is 0 Å². The lowest BCUT2D eigenvalue weighted by molar-refractivity contribution is -0.129. The van der Waals surface area contributed by atoms with Crippen LogP contribution >= 0.6 is 0 Å². The first-order chi connectivity index (χ1) is 17.4. The second-order valence-electron chi connectivity index (χ2n) is 9.85. The summed E-state index contributed by atoms with van der Waals surface area (Å²) in [6, 6.07) is 10.5. The lowest BCUT2D eigenvalue weighted by atomic mass is 9.88. The Bertz CT molecular complexity index is 1340. The van der Waals surface area contributed by atoms with E-state index in [9.17, 15) is 18.8 Å². The number of anilines is 1. The molecule has 188 valence electrons. The first-order valence-corrected chi connectivity index (χ1v) is 12.7. The van der Waals surface area contributed by atoms with Gasteiger partial charge in [-0.1, -0.05) is 25.8 Å². The molecule has 2 aromatic carbocycles. The van der Waals surface area contributed by atoms with Gasteiger partial charge in [0.15, 0.2) is 0 Å². The Kier molecular flexibility index (Phi) is 6.67. The summed E-state index contributed by atoms with van der Waals surface area (Å²) < 4.78 is 28.8. The molecule has 2 aliphatic rings. The maximum atomic E-state index is 14.7. The van der Waals surface area contributed by atoms with Crippen LogP contribution in [0.1, 0.15) is 61.5 Å². The molecule has 2 aliphatic heterocycles. The van der Waals surface area contributed by atoms with Crippen molar-refractivity contribution in [2.45, 2.75) is 51.6 Å². The standard InChI is InChI=1S/C28H31F2N5O/c1-3-4-5-21-15-23-22-13-20(29)14-24(30)27(22)33-28(23)26(32-21)18-6-7-25(19(12-18)16-31)35-10-8-34(9-11-35)17(2)36/h6-7,12-14,21,26,32-33H,3-5,8-11,15H2,1-2H3/t21-,26-/m0/s1. The van der Waals surface area contributed by atoms with Gasteiger partial charge in [-0.2, -0.15) is 5.26 Å². The Labute approximate surface area is 209 Å². The van der Waals surface area contributed by atoms with Crippen molar-refractivity contribution in [3.05, 3.63) is 64.4 Å². The van der Waals surface area contributed by atoms with E-state index in [4.69, 9.17) is 0 Å². The quantitative estimate of drug-likeness (QED) is 0.539. The third-order valence-corrected chi connectivity index (χ3v) is 7.55. The summed E-state index contributed by atoms with van der Waals surface area (Å²) >= 11 is 0. The number of carbonyl (C=O) groups is 1. The normalized spacial score (nSPS) is 19.9. The zero-order valence-corrected chi connectivity index (χ0v) is 20.7. The van der Waals surface area contributed by atoms with E-state index in [1.54, 1.807) is 6.92 Å². The number of nitrogens with one attached hydrogen (secondary N) is 2. The fourth-order valence-corrected chi connectivity index (χ4v) is 5.64. The number of nitrogens with zero attached hydrogens (tertiary/aromatic N) is 3. The van der Waals surface area contributed by atoms with Gasteiger partial charge in [0, 0.05) is 56.3 Å². The molecular formula is C28H31F2N5O. The molecule has 36 heavy (non-hydrogen) atoms. The lowest BCUT2D eigenvalue weighted by Crippen LogP contribution is -2.48. The molecule has 0 bridgehead atoms. The maximum absolute atomic E-state index is 14.7. The molecule has 2 N–H and O–H groups in total. The summed E-state index contributed by atoms with van der Waals surface area (Å²) in [6.45, 7) is 6.33. The van der Waals surface area contributed by atoms with Crippen molar-refractivity contribution >= 4 is 22.5 Å². The van der Waals surface area contributed by atoms with Gasteiger partial charge in [-0.05, 0) is 42.2 Å². The largest absolute Gasteiger partial charge is 0.367 e. The zero-order chi connectivity index (χ0) is 25.4. The highest BCUT2D eigenvalue weighted by Gasteiger charge is 2.32. The van der Waals surface area contributed by atoms with E-state index in [1.165, 1.54) is 6.07 Å². The number of H-pyrrole nitrogens is 1. The molecule has 5 rings (SSSR count). The van der Waals surface area contributed by atoms with Crippen LogP contribution in [-0.4, -0.2) is 48.0 Å². The molecule has 3 heterocycles. The lowest BCUT2D eigenvalue weighted by Gasteiger charge is -2.36. The number of nitriles is 1. The number of aromatic nitrogens is 1. The average Bonchev–Trinajstić information content (AvgIpc) is 3.25. The molecule has 0 unspecified atom stereocenters. The van der Waals surface area contributed by atoms with E-state index < -0.39 is 11.6 Å². The van der Waals surface area contributed by atoms with E-state index in [2.05, 4.69) is 28.2 Å². The van der Waals surface area contributed by atoms with Crippen LogP contribution in [0, 0.1) is 23.0 Å². The van der Waals surface area contributed by atoms with Crippen LogP contribution in [0.5, 0.6) is 0 Å². The highest BCUT2D eigenvalue weighted by atomic mass is 19.1. The number of amides is 1. The van der Waals surface area contributed by atoms with Crippen LogP contribution in [0.2, 0.25) is 0 Å². The SMILES string of the molecule is CCCC[C@H]1Cc2c([nH]c3c(F)cc(F)cc23)[C@H](c2ccc(N3CCN(C(C)=O)CC3)c(C#N)c2)N1. The molecule has 1 amide bonds. The fourth-order valence-electron chi connectivity index (χ4n) is 5.64. The van der Waals surface area contributed by atoms with Crippen molar-refractivity contribution in [2.24, 2.45) is 0 Å². The van der Waals surface area contributed by atoms with Crippen LogP contribution in [0.15, 0.2) is 30.3 Å². The molecule has 0 saturated carbocycles. The number of aromatic amines is 1. The Morgan fingerprint density at radius 2 is 1.94 bits per heavy atom. The second kappa shape index (κ2) is 9.90. The molecule has 1 aromatic heterocycles. The van der Waals surface area contributed by atoms with Crippen molar-refractivity contribution in [3.63, 3.8) is 0 Å². The minimum Gasteiger partial charge on any atom is -0.367 e. The Morgan fingerprint density at radius 3 is 2.64 bits per heavy atom. The maximum Gasteiger partial charge on any atom is 0.219 e. The van der Waals surface area contributed by atoms with Gasteiger partial charge in [0.1, 0.15) is 17.7 Å². The monoisotopic (exact) mass is 491 g/mol. The van der Waals surface area contributed by atoms with Gasteiger partial charge >= 0.3 is 0 Å². The Balaban J connectivity index is 1.52. The predicted molar refractivity (Wildman–Crippen MR) is 136 cm³/mol. The van der Waals surface area contributed by atoms with Gasteiger partial charge in [-0.15, -0.1) is 0 Å². The van der Waals surface area contributed by atoms with Crippen molar-refractivity contribution in [1.29, 1.82) is 5.26 Å². The number of fused-ring (bicyclic) bond motifs is 3. The summed E-state index contributed by atoms with van der Waals surface area (Å²) in [7, 11) is 0. The summed E-state index contributed by atoms with van der Waals surface area (Å²) in [5, 5.41) is 14.3. The molecular weight excluding hydrogens is 460 g/mol. The van der Waals surface area contributed by atoms with Crippen molar-refractivity contribution in [2.75, 3.05) is 31.1 Å². The number of carbonyl (C=O) groups excluding carboxylic acids is 1. The van der Waals surface area contributed by atoms with E-state index in [0.717, 1.165) is 47.8 Å². The number of unbranched alkanes of at least 4 members (excludes halogenated alkanes) is 1. The Hall–Kier alpha value is -3.44. The number of rotatable bonds is 5. The van der Waals surface area contributed by atoms with Crippen LogP contribution in [0.4, 0.5) is 14.5 Å². The minimum absolute atomic E-state index is 0.0666. The zero-order valence-electron chi connectivity index (χ0n) is 20.7. The molecule has 0 spiro atoms. The number of hydrogen-bond donors (Lipinski definition) is 2. The summed E-state index contributed by atoms with van der Waals surface area (Å²) in [5.74, 6) is -1.11. The highest BCUT2D eigenvalue weighted by molar-refractivity contribution is 5.86. The van der Waals surface area contributed by atoms with Gasteiger partial charge in [0.25, 0.3) is 0 Å². The summed E-state index contributed by atoms with van der Waals surface area (Å²) in [4.78, 5) is 18.9. The smallest absolute Gasteiger partial charge is 0.219 e. The van der Waals surface area contributed by atoms with Crippen LogP contribution in [0.25, 0.3) is 10.9 Å². The third-order valence-electron chi connectivity index (χ3n) is 7.55. The van der Waals surface area contributed by atoms with Gasteiger partial charge in [-0.3, -0.25) is 4.79 Å². The van der Waals surface area contributed by atoms with Gasteiger partial charge in [-0.25, -0.2) is 8.78 Å². The van der Waals surface area contributed by atoms with Gasteiger partial charge in [0.05, 0.1) is 22.8 Å². The fraction of sp³-hybridized carbons (Fsp3) is 0.429. The van der Waals surface area contributed by atoms with Crippen LogP contribution in [-0.2, 0) is 11.2 Å². The summed E-state index contributed by atoms with van der Waals surface area (Å²) in [5.41, 5.74) is 4.42. The van der Waals surface area contributed by atoms with Crippen molar-refractivity contribution < 1.29 is 13.6 Å². The van der Waals surface area contributed by atoms with Gasteiger partial charge < -0.3 is 20.1 Å². The third kappa shape index (κ3) is 4.44. The first-order valence-electron chi connectivity index (χ1n) is 12.7.